The Morgan fingerprint density at radius 3 is 2.72 bits per heavy atom. The summed E-state index contributed by atoms with van der Waals surface area (Å²) in [5, 5.41) is 3.38. The van der Waals surface area contributed by atoms with Crippen LogP contribution in [0.25, 0.3) is 10.9 Å². The summed E-state index contributed by atoms with van der Waals surface area (Å²) in [5.74, 6) is -0.192. The van der Waals surface area contributed by atoms with Gasteiger partial charge >= 0.3 is 0 Å². The zero-order valence-electron chi connectivity index (χ0n) is 14.5. The molecule has 0 saturated heterocycles. The van der Waals surface area contributed by atoms with Crippen molar-refractivity contribution < 1.29 is 4.79 Å². The number of carbonyl (C=O) groups excluding carboxylic acids is 1. The molecule has 0 fully saturated rings. The van der Waals surface area contributed by atoms with Crippen molar-refractivity contribution in [2.75, 3.05) is 6.54 Å². The Balaban J connectivity index is 1.60. The van der Waals surface area contributed by atoms with Gasteiger partial charge in [0.1, 0.15) is 6.54 Å². The van der Waals surface area contributed by atoms with Gasteiger partial charge in [-0.25, -0.2) is 4.98 Å². The molecule has 5 nitrogen and oxygen atoms in total. The maximum Gasteiger partial charge on any atom is 0.261 e. The minimum absolute atomic E-state index is 0.0242. The molecule has 3 aromatic rings. The molecule has 25 heavy (non-hydrogen) atoms. The summed E-state index contributed by atoms with van der Waals surface area (Å²) in [6.07, 6.45) is 2.19. The standard InChI is InChI=1S/C20H21N3O2/c1-14-7-8-16(11-15(14)2)9-10-21-19(24)12-23-13-22-18-6-4-3-5-17(18)20(23)25/h3-8,11,13H,9-10,12H2,1-2H3,(H,21,24). The number of hydrogen-bond donors (Lipinski definition) is 1. The van der Waals surface area contributed by atoms with E-state index in [0.29, 0.717) is 17.4 Å². The van der Waals surface area contributed by atoms with Gasteiger partial charge in [0.05, 0.1) is 17.2 Å². The largest absolute Gasteiger partial charge is 0.354 e. The molecule has 0 radical (unpaired) electrons. The minimum atomic E-state index is -0.199. The zero-order chi connectivity index (χ0) is 17.8. The van der Waals surface area contributed by atoms with Crippen molar-refractivity contribution in [1.29, 1.82) is 0 Å². The van der Waals surface area contributed by atoms with E-state index >= 15 is 0 Å². The maximum atomic E-state index is 12.4. The first kappa shape index (κ1) is 16.9. The van der Waals surface area contributed by atoms with Crippen molar-refractivity contribution in [1.82, 2.24) is 14.9 Å². The van der Waals surface area contributed by atoms with Gasteiger partial charge in [0.15, 0.2) is 0 Å². The van der Waals surface area contributed by atoms with Gasteiger partial charge in [0.25, 0.3) is 5.56 Å². The average Bonchev–Trinajstić information content (AvgIpc) is 2.61. The van der Waals surface area contributed by atoms with Crippen LogP contribution in [0.2, 0.25) is 0 Å². The molecule has 3 rings (SSSR count). The molecule has 0 spiro atoms. The van der Waals surface area contributed by atoms with E-state index in [2.05, 4.69) is 42.3 Å². The Morgan fingerprint density at radius 2 is 1.92 bits per heavy atom. The fourth-order valence-corrected chi connectivity index (χ4v) is 2.73. The topological polar surface area (TPSA) is 64.0 Å². The number of benzene rings is 2. The molecule has 0 aliphatic carbocycles. The van der Waals surface area contributed by atoms with Crippen LogP contribution in [0, 0.1) is 13.8 Å². The molecule has 0 atom stereocenters. The van der Waals surface area contributed by atoms with Gasteiger partial charge in [-0.1, -0.05) is 30.3 Å². The summed E-state index contributed by atoms with van der Waals surface area (Å²) in [5.41, 5.74) is 4.13. The second kappa shape index (κ2) is 7.30. The Morgan fingerprint density at radius 1 is 1.12 bits per heavy atom. The van der Waals surface area contributed by atoms with E-state index in [0.717, 1.165) is 6.42 Å². The van der Waals surface area contributed by atoms with Gasteiger partial charge in [-0.15, -0.1) is 0 Å². The SMILES string of the molecule is Cc1ccc(CCNC(=O)Cn2cnc3ccccc3c2=O)cc1C. The van der Waals surface area contributed by atoms with E-state index in [1.807, 2.05) is 6.07 Å². The lowest BCUT2D eigenvalue weighted by atomic mass is 10.0. The van der Waals surface area contributed by atoms with Crippen LogP contribution in [0.5, 0.6) is 0 Å². The second-order valence-electron chi connectivity index (χ2n) is 6.21. The number of carbonyl (C=O) groups is 1. The number of hydrogen-bond acceptors (Lipinski definition) is 3. The van der Waals surface area contributed by atoms with E-state index < -0.39 is 0 Å². The lowest BCUT2D eigenvalue weighted by Gasteiger charge is -2.09. The summed E-state index contributed by atoms with van der Waals surface area (Å²) < 4.78 is 1.34. The van der Waals surface area contributed by atoms with E-state index in [4.69, 9.17) is 0 Å². The number of fused-ring (bicyclic) bond motifs is 1. The highest BCUT2D eigenvalue weighted by Gasteiger charge is 2.07. The Bertz CT molecular complexity index is 976. The Kier molecular flexibility index (Phi) is 4.93. The van der Waals surface area contributed by atoms with E-state index in [-0.39, 0.29) is 18.0 Å². The summed E-state index contributed by atoms with van der Waals surface area (Å²) in [7, 11) is 0. The van der Waals surface area contributed by atoms with Gasteiger partial charge in [0, 0.05) is 6.54 Å². The first-order chi connectivity index (χ1) is 12.0. The van der Waals surface area contributed by atoms with Crippen LogP contribution in [-0.2, 0) is 17.8 Å². The highest BCUT2D eigenvalue weighted by atomic mass is 16.2. The highest BCUT2D eigenvalue weighted by molar-refractivity contribution is 5.78. The number of nitrogens with zero attached hydrogens (tertiary/aromatic N) is 2. The molecular formula is C20H21N3O2. The molecule has 1 amide bonds. The first-order valence-electron chi connectivity index (χ1n) is 8.31. The van der Waals surface area contributed by atoms with Crippen molar-refractivity contribution in [3.63, 3.8) is 0 Å². The summed E-state index contributed by atoms with van der Waals surface area (Å²) >= 11 is 0. The quantitative estimate of drug-likeness (QED) is 0.778. The number of rotatable bonds is 5. The predicted molar refractivity (Wildman–Crippen MR) is 98.6 cm³/mol. The van der Waals surface area contributed by atoms with Crippen molar-refractivity contribution >= 4 is 16.8 Å². The fourth-order valence-electron chi connectivity index (χ4n) is 2.73. The van der Waals surface area contributed by atoms with Crippen LogP contribution >= 0.6 is 0 Å². The minimum Gasteiger partial charge on any atom is -0.354 e. The van der Waals surface area contributed by atoms with Crippen molar-refractivity contribution in [2.24, 2.45) is 0 Å². The smallest absolute Gasteiger partial charge is 0.261 e. The highest BCUT2D eigenvalue weighted by Crippen LogP contribution is 2.10. The summed E-state index contributed by atoms with van der Waals surface area (Å²) in [6.45, 7) is 4.67. The van der Waals surface area contributed by atoms with Gasteiger partial charge < -0.3 is 5.32 Å². The van der Waals surface area contributed by atoms with Crippen LogP contribution in [0.3, 0.4) is 0 Å². The second-order valence-corrected chi connectivity index (χ2v) is 6.21. The predicted octanol–water partition coefficient (Wildman–Crippen LogP) is 2.37. The number of nitrogens with one attached hydrogen (secondary N) is 1. The number of aryl methyl sites for hydroxylation is 2. The van der Waals surface area contributed by atoms with Crippen molar-refractivity contribution in [3.8, 4) is 0 Å². The lowest BCUT2D eigenvalue weighted by Crippen LogP contribution is -2.33. The first-order valence-corrected chi connectivity index (χ1v) is 8.31. The normalized spacial score (nSPS) is 10.8. The molecule has 0 saturated carbocycles. The number of para-hydroxylation sites is 1. The van der Waals surface area contributed by atoms with Gasteiger partial charge in [-0.2, -0.15) is 0 Å². The van der Waals surface area contributed by atoms with E-state index in [1.54, 1.807) is 18.2 Å². The lowest BCUT2D eigenvalue weighted by molar-refractivity contribution is -0.121. The van der Waals surface area contributed by atoms with Gasteiger partial charge in [0.2, 0.25) is 5.91 Å². The number of aromatic nitrogens is 2. The maximum absolute atomic E-state index is 12.4. The molecule has 1 aromatic heterocycles. The molecule has 128 valence electrons. The summed E-state index contributed by atoms with van der Waals surface area (Å²) in [6, 6.07) is 13.4. The molecule has 0 aliphatic rings. The van der Waals surface area contributed by atoms with Crippen LogP contribution in [-0.4, -0.2) is 22.0 Å². The van der Waals surface area contributed by atoms with E-state index in [9.17, 15) is 9.59 Å². The number of amides is 1. The van der Waals surface area contributed by atoms with Crippen LogP contribution in [0.1, 0.15) is 16.7 Å². The average molecular weight is 335 g/mol. The fraction of sp³-hybridized carbons (Fsp3) is 0.250. The molecule has 0 bridgehead atoms. The third kappa shape index (κ3) is 3.94. The monoisotopic (exact) mass is 335 g/mol. The van der Waals surface area contributed by atoms with Crippen LogP contribution in [0.15, 0.2) is 53.6 Å². The van der Waals surface area contributed by atoms with Crippen LogP contribution < -0.4 is 10.9 Å². The van der Waals surface area contributed by atoms with Crippen LogP contribution in [0.4, 0.5) is 0 Å². The molecule has 5 heteroatoms. The molecule has 2 aromatic carbocycles. The molecule has 0 aliphatic heterocycles. The van der Waals surface area contributed by atoms with Crippen molar-refractivity contribution in [3.05, 3.63) is 75.8 Å². The molecule has 0 unspecified atom stereocenters. The van der Waals surface area contributed by atoms with E-state index in [1.165, 1.54) is 27.6 Å². The van der Waals surface area contributed by atoms with Gasteiger partial charge in [-0.3, -0.25) is 14.2 Å². The van der Waals surface area contributed by atoms with Crippen molar-refractivity contribution in [2.45, 2.75) is 26.8 Å². The zero-order valence-corrected chi connectivity index (χ0v) is 14.5. The Labute approximate surface area is 146 Å². The van der Waals surface area contributed by atoms with Gasteiger partial charge in [-0.05, 0) is 49.1 Å². The molecular weight excluding hydrogens is 314 g/mol. The molecule has 1 N–H and O–H groups in total. The Hall–Kier alpha value is -2.95. The molecule has 1 heterocycles. The third-order valence-corrected chi connectivity index (χ3v) is 4.35. The summed E-state index contributed by atoms with van der Waals surface area (Å²) in [4.78, 5) is 28.7. The third-order valence-electron chi connectivity index (χ3n) is 4.35.